The van der Waals surface area contributed by atoms with Crippen molar-refractivity contribution in [3.63, 3.8) is 0 Å². The summed E-state index contributed by atoms with van der Waals surface area (Å²) in [7, 11) is 0. The Morgan fingerprint density at radius 1 is 1.05 bits per heavy atom. The summed E-state index contributed by atoms with van der Waals surface area (Å²) in [5, 5.41) is 26.0. The number of alkyl halides is 3. The second-order valence-electron chi connectivity index (χ2n) is 10.4. The van der Waals surface area contributed by atoms with E-state index in [2.05, 4.69) is 10.6 Å². The third-order valence-electron chi connectivity index (χ3n) is 7.44. The van der Waals surface area contributed by atoms with Crippen molar-refractivity contribution in [2.45, 2.75) is 56.4 Å². The molecule has 1 saturated heterocycles. The minimum absolute atomic E-state index is 0.0186. The summed E-state index contributed by atoms with van der Waals surface area (Å²) in [5.41, 5.74) is -0.673. The highest BCUT2D eigenvalue weighted by Gasteiger charge is 2.44. The van der Waals surface area contributed by atoms with Crippen LogP contribution < -0.4 is 10.6 Å². The largest absolute Gasteiger partial charge is 0.508 e. The topological polar surface area (TPSA) is 119 Å². The van der Waals surface area contributed by atoms with Crippen molar-refractivity contribution in [2.24, 2.45) is 0 Å². The third kappa shape index (κ3) is 7.33. The number of phenols is 1. The standard InChI is InChI=1S/C31H31F4N3O5S/c1-17-21(11-7-13-24(17)39)28(41)37-23(14-19-8-4-3-5-9-19)27(40)30(43)38-16-44-18(2)26(38)29(42)36-15-20-10-6-12-22(25(20)32)31(33,34)35/h3-13,18,23,26-27,39-40H,14-16H2,1-2H3,(H,36,42)(H,37,41)/t18?,23-,26-,27-/m0/s1. The predicted octanol–water partition coefficient (Wildman–Crippen LogP) is 4.17. The minimum atomic E-state index is -4.91. The van der Waals surface area contributed by atoms with Crippen LogP contribution in [0.2, 0.25) is 0 Å². The van der Waals surface area contributed by atoms with E-state index in [1.165, 1.54) is 30.0 Å². The number of nitrogens with one attached hydrogen (secondary N) is 2. The second-order valence-corrected chi connectivity index (χ2v) is 11.7. The van der Waals surface area contributed by atoms with Crippen molar-refractivity contribution in [1.29, 1.82) is 0 Å². The maximum atomic E-state index is 14.5. The predicted molar refractivity (Wildman–Crippen MR) is 156 cm³/mol. The van der Waals surface area contributed by atoms with Gasteiger partial charge in [-0.3, -0.25) is 14.4 Å². The molecule has 0 saturated carbocycles. The van der Waals surface area contributed by atoms with E-state index in [1.807, 2.05) is 0 Å². The Bertz CT molecular complexity index is 1520. The van der Waals surface area contributed by atoms with Gasteiger partial charge >= 0.3 is 6.18 Å². The van der Waals surface area contributed by atoms with Crippen LogP contribution >= 0.6 is 11.8 Å². The Hall–Kier alpha value is -4.10. The van der Waals surface area contributed by atoms with E-state index in [1.54, 1.807) is 44.2 Å². The molecule has 4 N–H and O–H groups in total. The lowest BCUT2D eigenvalue weighted by Crippen LogP contribution is -2.57. The summed E-state index contributed by atoms with van der Waals surface area (Å²) < 4.78 is 53.9. The first kappa shape index (κ1) is 32.8. The number of thioether (sulfide) groups is 1. The zero-order valence-electron chi connectivity index (χ0n) is 23.8. The van der Waals surface area contributed by atoms with Gasteiger partial charge < -0.3 is 25.7 Å². The van der Waals surface area contributed by atoms with Crippen LogP contribution in [0.5, 0.6) is 5.75 Å². The Morgan fingerprint density at radius 2 is 1.73 bits per heavy atom. The average Bonchev–Trinajstić information content (AvgIpc) is 3.37. The van der Waals surface area contributed by atoms with Crippen molar-refractivity contribution in [2.75, 3.05) is 5.88 Å². The fourth-order valence-electron chi connectivity index (χ4n) is 4.97. The van der Waals surface area contributed by atoms with E-state index in [0.29, 0.717) is 17.2 Å². The van der Waals surface area contributed by atoms with Crippen LogP contribution in [0.1, 0.15) is 39.5 Å². The number of rotatable bonds is 9. The average molecular weight is 634 g/mol. The number of hydrogen-bond acceptors (Lipinski definition) is 6. The molecule has 3 amide bonds. The van der Waals surface area contributed by atoms with Gasteiger partial charge in [0.2, 0.25) is 5.91 Å². The van der Waals surface area contributed by atoms with Gasteiger partial charge in [-0.05, 0) is 37.1 Å². The molecule has 3 aromatic carbocycles. The maximum Gasteiger partial charge on any atom is 0.419 e. The molecule has 1 aliphatic heterocycles. The van der Waals surface area contributed by atoms with Crippen LogP contribution in [0, 0.1) is 12.7 Å². The summed E-state index contributed by atoms with van der Waals surface area (Å²) >= 11 is 1.24. The fraction of sp³-hybridized carbons (Fsp3) is 0.323. The Balaban J connectivity index is 1.53. The van der Waals surface area contributed by atoms with E-state index in [-0.39, 0.29) is 29.2 Å². The lowest BCUT2D eigenvalue weighted by Gasteiger charge is -2.31. The summed E-state index contributed by atoms with van der Waals surface area (Å²) in [6.45, 7) is 2.67. The number of aromatic hydroxyl groups is 1. The molecule has 0 aliphatic carbocycles. The first-order chi connectivity index (χ1) is 20.8. The lowest BCUT2D eigenvalue weighted by atomic mass is 9.98. The van der Waals surface area contributed by atoms with Crippen molar-refractivity contribution >= 4 is 29.5 Å². The molecule has 1 unspecified atom stereocenters. The van der Waals surface area contributed by atoms with Gasteiger partial charge in [-0.2, -0.15) is 13.2 Å². The first-order valence-electron chi connectivity index (χ1n) is 13.7. The number of carbonyl (C=O) groups is 3. The normalized spacial score (nSPS) is 18.0. The first-order valence-corrected chi connectivity index (χ1v) is 14.7. The van der Waals surface area contributed by atoms with E-state index in [0.717, 1.165) is 17.0 Å². The summed E-state index contributed by atoms with van der Waals surface area (Å²) in [6.07, 6.45) is -6.65. The number of phenolic OH excluding ortho intramolecular Hbond substituents is 1. The minimum Gasteiger partial charge on any atom is -0.508 e. The molecule has 4 rings (SSSR count). The second kappa shape index (κ2) is 13.7. The molecule has 0 aromatic heterocycles. The quantitative estimate of drug-likeness (QED) is 0.263. The van der Waals surface area contributed by atoms with Crippen LogP contribution in [0.3, 0.4) is 0 Å². The molecule has 1 aliphatic rings. The van der Waals surface area contributed by atoms with Crippen LogP contribution in [0.25, 0.3) is 0 Å². The van der Waals surface area contributed by atoms with Crippen LogP contribution in [0.15, 0.2) is 66.7 Å². The number of aliphatic hydroxyl groups excluding tert-OH is 1. The Kier molecular flexibility index (Phi) is 10.2. The van der Waals surface area contributed by atoms with Crippen LogP contribution in [-0.4, -0.2) is 62.1 Å². The van der Waals surface area contributed by atoms with Crippen molar-refractivity contribution < 1.29 is 42.2 Å². The zero-order chi connectivity index (χ0) is 32.2. The van der Waals surface area contributed by atoms with Gasteiger partial charge in [0.25, 0.3) is 11.8 Å². The van der Waals surface area contributed by atoms with E-state index < -0.39 is 65.3 Å². The monoisotopic (exact) mass is 633 g/mol. The molecule has 1 heterocycles. The van der Waals surface area contributed by atoms with E-state index in [9.17, 15) is 42.2 Å². The Labute approximate surface area is 255 Å². The summed E-state index contributed by atoms with van der Waals surface area (Å²) in [6, 6.07) is 13.7. The molecule has 13 heteroatoms. The molecule has 234 valence electrons. The molecule has 0 spiro atoms. The fourth-order valence-corrected chi connectivity index (χ4v) is 6.10. The highest BCUT2D eigenvalue weighted by atomic mass is 32.2. The van der Waals surface area contributed by atoms with Crippen molar-refractivity contribution in [1.82, 2.24) is 15.5 Å². The molecule has 0 radical (unpaired) electrons. The number of carbonyl (C=O) groups excluding carboxylic acids is 3. The highest BCUT2D eigenvalue weighted by molar-refractivity contribution is 8.00. The summed E-state index contributed by atoms with van der Waals surface area (Å²) in [5.74, 6) is -3.80. The van der Waals surface area contributed by atoms with Gasteiger partial charge in [-0.15, -0.1) is 11.8 Å². The zero-order valence-corrected chi connectivity index (χ0v) is 24.6. The molecule has 1 fully saturated rings. The number of amides is 3. The van der Waals surface area contributed by atoms with Crippen molar-refractivity contribution in [3.8, 4) is 5.75 Å². The van der Waals surface area contributed by atoms with Gasteiger partial charge in [0.1, 0.15) is 17.6 Å². The molecular weight excluding hydrogens is 602 g/mol. The molecule has 44 heavy (non-hydrogen) atoms. The van der Waals surface area contributed by atoms with Gasteiger partial charge in [0.15, 0.2) is 6.10 Å². The van der Waals surface area contributed by atoms with Crippen molar-refractivity contribution in [3.05, 3.63) is 100 Å². The lowest BCUT2D eigenvalue weighted by molar-refractivity contribution is -0.146. The molecule has 0 bridgehead atoms. The van der Waals surface area contributed by atoms with E-state index in [4.69, 9.17) is 0 Å². The van der Waals surface area contributed by atoms with Gasteiger partial charge in [0.05, 0.1) is 17.5 Å². The third-order valence-corrected chi connectivity index (χ3v) is 8.66. The van der Waals surface area contributed by atoms with E-state index >= 15 is 0 Å². The van der Waals surface area contributed by atoms with Gasteiger partial charge in [0, 0.05) is 28.5 Å². The Morgan fingerprint density at radius 3 is 2.41 bits per heavy atom. The number of halogens is 4. The number of hydrogen-bond donors (Lipinski definition) is 4. The summed E-state index contributed by atoms with van der Waals surface area (Å²) in [4.78, 5) is 41.2. The van der Waals surface area contributed by atoms with Gasteiger partial charge in [-0.25, -0.2) is 4.39 Å². The number of nitrogens with zero attached hydrogens (tertiary/aromatic N) is 1. The smallest absolute Gasteiger partial charge is 0.419 e. The molecular formula is C31H31F4N3O5S. The van der Waals surface area contributed by atoms with Crippen LogP contribution in [-0.2, 0) is 28.7 Å². The number of aliphatic hydroxyl groups is 1. The molecule has 8 nitrogen and oxygen atoms in total. The molecule has 3 aromatic rings. The SMILES string of the molecule is Cc1c(O)cccc1C(=O)N[C@@H](Cc1ccccc1)[C@H](O)C(=O)N1CSC(C)[C@H]1C(=O)NCc1cccc(C(F)(F)F)c1F. The number of benzene rings is 3. The van der Waals surface area contributed by atoms with Crippen LogP contribution in [0.4, 0.5) is 17.6 Å². The highest BCUT2D eigenvalue weighted by Crippen LogP contribution is 2.33. The molecule has 4 atom stereocenters. The van der Waals surface area contributed by atoms with Gasteiger partial charge in [-0.1, -0.05) is 55.5 Å². The maximum absolute atomic E-state index is 14.5.